The first-order chi connectivity index (χ1) is 1.00. The largest absolute Gasteiger partial charge is 0 e. The van der Waals surface area contributed by atoms with Gasteiger partial charge in [-0.05, 0) is 0 Å². The minimum absolute atomic E-state index is 0. The first-order valence-corrected chi connectivity index (χ1v) is 8.87. The summed E-state index contributed by atoms with van der Waals surface area (Å²) in [4.78, 5) is 0. The third-order valence-corrected chi connectivity index (χ3v) is 0. The normalized spacial score (nSPS) is 1.75. The Bertz CT molecular complexity index is 8.00. The zero-order valence-electron chi connectivity index (χ0n) is 2.21. The van der Waals surface area contributed by atoms with Gasteiger partial charge in [-0.2, -0.15) is 0 Å². The molecule has 0 aromatic rings. The summed E-state index contributed by atoms with van der Waals surface area (Å²) < 4.78 is 0. The molecule has 4 heavy (non-hydrogen) atoms. The van der Waals surface area contributed by atoms with Gasteiger partial charge in [-0.1, -0.05) is 0 Å². The molecule has 0 aromatic heterocycles. The number of hydrogen-bond donors (Lipinski definition) is 0. The Morgan fingerprint density at radius 3 is 1.25 bits per heavy atom. The average Bonchev–Trinajstić information content (AvgIpc) is 1.00. The van der Waals surface area contributed by atoms with Crippen LogP contribution in [-0.2, 0) is 43.4 Å². The summed E-state index contributed by atoms with van der Waals surface area (Å²) in [5, 5.41) is 0. The second-order valence-electron chi connectivity index (χ2n) is 0. The molecule has 0 bridgehead atoms. The van der Waals surface area contributed by atoms with E-state index in [1.54, 1.807) is 23.9 Å². The van der Waals surface area contributed by atoms with Crippen molar-refractivity contribution in [2.45, 2.75) is 0 Å². The SMILES string of the molecule is [AlH3].[SiH3][Zr].[Zn]. The maximum Gasteiger partial charge on any atom is 0 e. The van der Waals surface area contributed by atoms with Crippen molar-refractivity contribution in [3.63, 3.8) is 0 Å². The van der Waals surface area contributed by atoms with Gasteiger partial charge in [0.1, 0.15) is 0 Å². The van der Waals surface area contributed by atoms with Crippen LogP contribution >= 0.6 is 0 Å². The molecule has 0 fully saturated rings. The van der Waals surface area contributed by atoms with Gasteiger partial charge in [0.25, 0.3) is 0 Å². The molecule has 0 aliphatic carbocycles. The Labute approximate surface area is 67.2 Å². The molecular formula is H6AlSiZnZr. The fraction of sp³-hybridized carbons (Fsp3) is 0. The zero-order chi connectivity index (χ0) is 2.00. The van der Waals surface area contributed by atoms with Gasteiger partial charge in [-0.25, -0.2) is 0 Å². The summed E-state index contributed by atoms with van der Waals surface area (Å²) >= 11 is 1.69. The molecule has 0 saturated heterocycles. The molecular weight excluding hydrogens is 212 g/mol. The molecule has 0 amide bonds. The Balaban J connectivity index is -0.00000000500. The Kier molecular flexibility index (Phi) is 76.2. The van der Waals surface area contributed by atoms with Crippen molar-refractivity contribution in [3.05, 3.63) is 0 Å². The first-order valence-electron chi connectivity index (χ1n) is 0.500. The van der Waals surface area contributed by atoms with E-state index in [-0.39, 0.29) is 36.8 Å². The molecule has 0 aromatic carbocycles. The van der Waals surface area contributed by atoms with Gasteiger partial charge >= 0.3 is 31.2 Å². The van der Waals surface area contributed by atoms with Crippen molar-refractivity contribution in [1.82, 2.24) is 0 Å². The summed E-state index contributed by atoms with van der Waals surface area (Å²) in [6.45, 7) is 0. The number of rotatable bonds is 0. The minimum atomic E-state index is 0. The van der Waals surface area contributed by atoms with E-state index in [1.165, 1.54) is 7.37 Å². The van der Waals surface area contributed by atoms with Crippen LogP contribution in [0.2, 0.25) is 0 Å². The molecule has 0 nitrogen and oxygen atoms in total. The van der Waals surface area contributed by atoms with Gasteiger partial charge in [-0.3, -0.25) is 0 Å². The van der Waals surface area contributed by atoms with E-state index in [4.69, 9.17) is 0 Å². The summed E-state index contributed by atoms with van der Waals surface area (Å²) in [6.07, 6.45) is 0. The van der Waals surface area contributed by atoms with E-state index in [9.17, 15) is 0 Å². The van der Waals surface area contributed by atoms with Crippen molar-refractivity contribution in [2.75, 3.05) is 0 Å². The van der Waals surface area contributed by atoms with Crippen LogP contribution in [0.4, 0.5) is 0 Å². The molecule has 0 unspecified atom stereocenters. The molecule has 0 radical (unpaired) electrons. The van der Waals surface area contributed by atoms with Gasteiger partial charge < -0.3 is 0 Å². The minimum Gasteiger partial charge on any atom is 0 e. The number of hydrogen-bond acceptors (Lipinski definition) is 0. The van der Waals surface area contributed by atoms with Crippen molar-refractivity contribution < 1.29 is 43.4 Å². The fourth-order valence-corrected chi connectivity index (χ4v) is 0. The molecule has 0 atom stereocenters. The maximum absolute atomic E-state index is 1.69. The summed E-state index contributed by atoms with van der Waals surface area (Å²) in [7, 11) is 1.40. The molecule has 19 valence electrons. The third kappa shape index (κ3) is 8.87. The molecule has 0 rings (SSSR count). The van der Waals surface area contributed by atoms with Gasteiger partial charge in [-0.15, -0.1) is 0 Å². The van der Waals surface area contributed by atoms with Crippen LogP contribution in [0.5, 0.6) is 0 Å². The fourth-order valence-electron chi connectivity index (χ4n) is 0. The summed E-state index contributed by atoms with van der Waals surface area (Å²) in [5.74, 6) is 0. The topological polar surface area (TPSA) is 0 Å². The van der Waals surface area contributed by atoms with E-state index in [0.717, 1.165) is 0 Å². The van der Waals surface area contributed by atoms with Gasteiger partial charge in [0.2, 0.25) is 0 Å². The zero-order valence-corrected chi connectivity index (χ0v) is 9.63. The van der Waals surface area contributed by atoms with Crippen molar-refractivity contribution >= 4 is 24.7 Å². The van der Waals surface area contributed by atoms with E-state index in [0.29, 0.717) is 0 Å². The predicted octanol–water partition coefficient (Wildman–Crippen LogP) is -2.37. The molecule has 0 spiro atoms. The van der Waals surface area contributed by atoms with E-state index in [2.05, 4.69) is 0 Å². The predicted molar refractivity (Wildman–Crippen MR) is 19.9 cm³/mol. The van der Waals surface area contributed by atoms with Crippen LogP contribution in [0.25, 0.3) is 0 Å². The molecule has 0 heterocycles. The van der Waals surface area contributed by atoms with Crippen LogP contribution in [0, 0.1) is 0 Å². The monoisotopic (exact) mass is 215 g/mol. The van der Waals surface area contributed by atoms with Crippen LogP contribution in [0.1, 0.15) is 0 Å². The molecule has 0 aliphatic rings. The summed E-state index contributed by atoms with van der Waals surface area (Å²) in [6, 6.07) is 0. The van der Waals surface area contributed by atoms with Crippen molar-refractivity contribution in [2.24, 2.45) is 0 Å². The Morgan fingerprint density at radius 1 is 1.25 bits per heavy atom. The van der Waals surface area contributed by atoms with Gasteiger partial charge in [0.15, 0.2) is 17.4 Å². The van der Waals surface area contributed by atoms with Gasteiger partial charge in [0.05, 0.1) is 0 Å². The van der Waals surface area contributed by atoms with Crippen molar-refractivity contribution in [1.29, 1.82) is 0 Å². The molecule has 4 heteroatoms. The molecule has 0 saturated carbocycles. The Morgan fingerprint density at radius 2 is 1.25 bits per heavy atom. The quantitative estimate of drug-likeness (QED) is 0.398. The second kappa shape index (κ2) is 18.7. The van der Waals surface area contributed by atoms with Crippen LogP contribution in [0.15, 0.2) is 0 Å². The molecule has 0 aliphatic heterocycles. The van der Waals surface area contributed by atoms with E-state index >= 15 is 0 Å². The Hall–Kier alpha value is 2.26. The van der Waals surface area contributed by atoms with Gasteiger partial charge in [0, 0.05) is 19.5 Å². The second-order valence-corrected chi connectivity index (χ2v) is 0. The van der Waals surface area contributed by atoms with Crippen molar-refractivity contribution in [3.8, 4) is 0 Å². The van der Waals surface area contributed by atoms with Crippen LogP contribution in [-0.4, -0.2) is 24.7 Å². The molecule has 0 N–H and O–H groups in total. The third-order valence-electron chi connectivity index (χ3n) is 0. The maximum atomic E-state index is 1.69. The standard InChI is InChI=1S/Al.H3Si.Zn.Zr.3H/h;1H3;;;;;. The smallest absolute Gasteiger partial charge is 0 e. The average molecular weight is 218 g/mol. The van der Waals surface area contributed by atoms with Crippen LogP contribution < -0.4 is 0 Å². The van der Waals surface area contributed by atoms with Crippen LogP contribution in [0.3, 0.4) is 0 Å². The summed E-state index contributed by atoms with van der Waals surface area (Å²) in [5.41, 5.74) is 0. The van der Waals surface area contributed by atoms with E-state index in [1.807, 2.05) is 0 Å². The van der Waals surface area contributed by atoms with E-state index < -0.39 is 0 Å². The first kappa shape index (κ1) is 16.3.